The second-order valence-corrected chi connectivity index (χ2v) is 14.9. The maximum Gasteiger partial charge on any atom is 0.320 e. The van der Waals surface area contributed by atoms with E-state index in [1.807, 2.05) is 11.9 Å². The highest BCUT2D eigenvalue weighted by Gasteiger charge is 2.31. The summed E-state index contributed by atoms with van der Waals surface area (Å²) in [7, 11) is 2.00. The van der Waals surface area contributed by atoms with E-state index in [9.17, 15) is 49.2 Å². The summed E-state index contributed by atoms with van der Waals surface area (Å²) in [6, 6.07) is 0.104. The first kappa shape index (κ1) is 43.4. The molecule has 2 fully saturated rings. The van der Waals surface area contributed by atoms with Crippen molar-refractivity contribution >= 4 is 46.4 Å². The fraction of sp³-hybridized carbons (Fsp3) is 0.622. The summed E-state index contributed by atoms with van der Waals surface area (Å²) in [4.78, 5) is 85.3. The first-order valence-electron chi connectivity index (χ1n) is 19.2. The summed E-state index contributed by atoms with van der Waals surface area (Å²) in [5.41, 5.74) is 0.612. The highest BCUT2D eigenvalue weighted by Crippen LogP contribution is 2.37. The van der Waals surface area contributed by atoms with Crippen LogP contribution in [0.5, 0.6) is 0 Å². The minimum atomic E-state index is -1.16. The molecule has 2 saturated heterocycles. The molecule has 0 bridgehead atoms. The number of carboxylic acid groups (broad SMARTS) is 4. The van der Waals surface area contributed by atoms with Crippen molar-refractivity contribution < 1.29 is 53.5 Å². The molecule has 5 N–H and O–H groups in total. The van der Waals surface area contributed by atoms with Gasteiger partial charge in [-0.15, -0.1) is 0 Å². The number of aromatic nitrogens is 1. The van der Waals surface area contributed by atoms with Gasteiger partial charge < -0.3 is 44.8 Å². The van der Waals surface area contributed by atoms with Gasteiger partial charge in [-0.05, 0) is 32.9 Å². The number of likely N-dealkylation sites (N-methyl/N-ethyl adjacent to an activating group) is 1. The van der Waals surface area contributed by atoms with E-state index in [1.54, 1.807) is 31.1 Å². The Bertz CT molecular complexity index is 1840. The number of hydrogen-bond donors (Lipinski definition) is 5. The fourth-order valence-electron chi connectivity index (χ4n) is 7.77. The molecule has 2 atom stereocenters. The number of piperazine rings is 1. The highest BCUT2D eigenvalue weighted by molar-refractivity contribution is 5.99. The van der Waals surface area contributed by atoms with Crippen molar-refractivity contribution in [2.24, 2.45) is 0 Å². The number of nitrogens with one attached hydrogen (secondary N) is 1. The summed E-state index contributed by atoms with van der Waals surface area (Å²) >= 11 is 0. The number of halogens is 1. The molecule has 4 heterocycles. The number of aliphatic carboxylic acids is 4. The quantitative estimate of drug-likeness (QED) is 0.150. The topological polar surface area (TPSA) is 229 Å². The molecule has 1 amide bonds. The SMILES string of the molecule is CC1OCc2c(N3CCN(C)CC3)c(F)cc3c(=O)c(C(=O)NCCCC(C(=O)O)N4CCN(CC(=O)O)CCN(CC(=O)O)CCN(CC(=O)O)CC4)cn1c23. The van der Waals surface area contributed by atoms with Crippen LogP contribution in [0.4, 0.5) is 10.1 Å². The van der Waals surface area contributed by atoms with Gasteiger partial charge in [0.25, 0.3) is 5.91 Å². The van der Waals surface area contributed by atoms with Gasteiger partial charge in [-0.25, -0.2) is 4.39 Å². The molecule has 2 aromatic rings. The largest absolute Gasteiger partial charge is 0.480 e. The summed E-state index contributed by atoms with van der Waals surface area (Å²) in [6.45, 7) is 4.84. The summed E-state index contributed by atoms with van der Waals surface area (Å²) in [5, 5.41) is 41.5. The smallest absolute Gasteiger partial charge is 0.320 e. The molecule has 3 aliphatic heterocycles. The number of ether oxygens (including phenoxy) is 1. The molecule has 0 saturated carbocycles. The lowest BCUT2D eigenvalue weighted by Gasteiger charge is -2.37. The molecule has 1 aromatic carbocycles. The van der Waals surface area contributed by atoms with Gasteiger partial charge in [0.05, 0.1) is 37.4 Å². The highest BCUT2D eigenvalue weighted by atomic mass is 19.1. The Hall–Kier alpha value is -4.73. The van der Waals surface area contributed by atoms with Crippen LogP contribution < -0.4 is 15.6 Å². The van der Waals surface area contributed by atoms with Crippen molar-refractivity contribution in [1.82, 2.24) is 34.4 Å². The molecular formula is C37H53FN8O11. The molecular weight excluding hydrogens is 751 g/mol. The Morgan fingerprint density at radius 3 is 1.86 bits per heavy atom. The Kier molecular flexibility index (Phi) is 14.9. The Morgan fingerprint density at radius 2 is 1.35 bits per heavy atom. The van der Waals surface area contributed by atoms with Gasteiger partial charge in [-0.2, -0.15) is 0 Å². The molecule has 20 heteroatoms. The van der Waals surface area contributed by atoms with E-state index in [2.05, 4.69) is 10.2 Å². The van der Waals surface area contributed by atoms with E-state index in [0.29, 0.717) is 29.9 Å². The van der Waals surface area contributed by atoms with Gasteiger partial charge in [0, 0.05) is 102 Å². The molecule has 0 radical (unpaired) electrons. The number of carboxylic acids is 4. The monoisotopic (exact) mass is 804 g/mol. The van der Waals surface area contributed by atoms with Crippen LogP contribution in [0.25, 0.3) is 10.9 Å². The lowest BCUT2D eigenvalue weighted by Crippen LogP contribution is -2.52. The van der Waals surface area contributed by atoms with Crippen LogP contribution in [0.15, 0.2) is 17.1 Å². The van der Waals surface area contributed by atoms with E-state index in [4.69, 9.17) is 4.74 Å². The molecule has 1 aromatic heterocycles. The van der Waals surface area contributed by atoms with Crippen molar-refractivity contribution in [1.29, 1.82) is 0 Å². The zero-order chi connectivity index (χ0) is 41.4. The number of anilines is 1. The van der Waals surface area contributed by atoms with Gasteiger partial charge in [0.15, 0.2) is 0 Å². The number of pyridine rings is 1. The lowest BCUT2D eigenvalue weighted by atomic mass is 10.0. The standard InChI is InChI=1S/C37H53FN8O11/c1-24-46-19-26(35(53)25-18-28(38)34(27(23-57-24)33(25)46)45-14-6-40(2)7-15-45)36(54)39-5-3-4-29(37(55)56)44-16-12-42(21-31(49)50)10-8-41(20-30(47)48)9-11-43(13-17-44)22-32(51)52/h18-19,24,29H,3-17,20-23H2,1-2H3,(H,39,54)(H,47,48)(H,49,50)(H,51,52)(H,55,56). The average molecular weight is 805 g/mol. The number of benzene rings is 1. The number of hydrogen-bond acceptors (Lipinski definition) is 13. The van der Waals surface area contributed by atoms with Crippen molar-refractivity contribution in [2.75, 3.05) is 117 Å². The third kappa shape index (κ3) is 11.2. The maximum absolute atomic E-state index is 15.8. The zero-order valence-electron chi connectivity index (χ0n) is 32.4. The third-order valence-electron chi connectivity index (χ3n) is 10.9. The van der Waals surface area contributed by atoms with Crippen molar-refractivity contribution in [3.05, 3.63) is 39.4 Å². The van der Waals surface area contributed by atoms with Gasteiger partial charge >= 0.3 is 23.9 Å². The maximum atomic E-state index is 15.8. The molecule has 0 spiro atoms. The van der Waals surface area contributed by atoms with Crippen LogP contribution in [0.3, 0.4) is 0 Å². The Labute approximate surface area is 328 Å². The number of nitrogens with zero attached hydrogens (tertiary/aromatic N) is 7. The van der Waals surface area contributed by atoms with Crippen LogP contribution in [-0.2, 0) is 30.5 Å². The minimum Gasteiger partial charge on any atom is -0.480 e. The fourth-order valence-corrected chi connectivity index (χ4v) is 7.77. The molecule has 3 aliphatic rings. The minimum absolute atomic E-state index is 0.00235. The summed E-state index contributed by atoms with van der Waals surface area (Å²) < 4.78 is 23.5. The van der Waals surface area contributed by atoms with Gasteiger partial charge in [-0.1, -0.05) is 0 Å². The van der Waals surface area contributed by atoms with Crippen LogP contribution >= 0.6 is 0 Å². The van der Waals surface area contributed by atoms with Crippen LogP contribution in [0, 0.1) is 5.82 Å². The molecule has 5 rings (SSSR count). The zero-order valence-corrected chi connectivity index (χ0v) is 32.4. The lowest BCUT2D eigenvalue weighted by molar-refractivity contribution is -0.145. The van der Waals surface area contributed by atoms with Gasteiger partial charge in [0.1, 0.15) is 23.7 Å². The van der Waals surface area contributed by atoms with Crippen molar-refractivity contribution in [3.63, 3.8) is 0 Å². The van der Waals surface area contributed by atoms with Crippen LogP contribution in [0.1, 0.15) is 41.9 Å². The number of carbonyl (C=O) groups is 5. The van der Waals surface area contributed by atoms with Crippen LogP contribution in [-0.4, -0.2) is 197 Å². The molecule has 314 valence electrons. The van der Waals surface area contributed by atoms with Gasteiger partial charge in [-0.3, -0.25) is 48.4 Å². The first-order chi connectivity index (χ1) is 27.1. The third-order valence-corrected chi connectivity index (χ3v) is 10.9. The van der Waals surface area contributed by atoms with Crippen molar-refractivity contribution in [2.45, 2.75) is 38.6 Å². The van der Waals surface area contributed by atoms with E-state index in [0.717, 1.165) is 13.1 Å². The second kappa shape index (κ2) is 19.6. The molecule has 2 unspecified atom stereocenters. The van der Waals surface area contributed by atoms with E-state index < -0.39 is 53.3 Å². The number of rotatable bonds is 14. The first-order valence-corrected chi connectivity index (χ1v) is 19.2. The Morgan fingerprint density at radius 1 is 0.825 bits per heavy atom. The number of amides is 1. The molecule has 19 nitrogen and oxygen atoms in total. The van der Waals surface area contributed by atoms with Gasteiger partial charge in [0.2, 0.25) is 5.43 Å². The summed E-state index contributed by atoms with van der Waals surface area (Å²) in [6.07, 6.45) is 1.10. The predicted molar refractivity (Wildman–Crippen MR) is 204 cm³/mol. The van der Waals surface area contributed by atoms with E-state index >= 15 is 4.39 Å². The van der Waals surface area contributed by atoms with E-state index in [1.165, 1.54) is 12.3 Å². The second-order valence-electron chi connectivity index (χ2n) is 14.9. The average Bonchev–Trinajstić information content (AvgIpc) is 3.14. The predicted octanol–water partition coefficient (Wildman–Crippen LogP) is -0.620. The summed E-state index contributed by atoms with van der Waals surface area (Å²) in [5.74, 6) is -5.72. The normalized spacial score (nSPS) is 20.4. The number of carbonyl (C=O) groups excluding carboxylic acids is 1. The van der Waals surface area contributed by atoms with Crippen molar-refractivity contribution in [3.8, 4) is 0 Å². The molecule has 57 heavy (non-hydrogen) atoms. The van der Waals surface area contributed by atoms with E-state index in [-0.39, 0.29) is 109 Å². The molecule has 0 aliphatic carbocycles. The van der Waals surface area contributed by atoms with Crippen LogP contribution in [0.2, 0.25) is 0 Å². The Balaban J connectivity index is 1.30.